The lowest BCUT2D eigenvalue weighted by Crippen LogP contribution is -2.17. The monoisotopic (exact) mass is 245 g/mol. The third-order valence-electron chi connectivity index (χ3n) is 2.45. The number of nitrogens with zero attached hydrogens (tertiary/aromatic N) is 1. The molecule has 2 rings (SSSR count). The Labute approximate surface area is 103 Å². The second-order valence-electron chi connectivity index (χ2n) is 3.64. The average Bonchev–Trinajstić information content (AvgIpc) is 2.36. The molecule has 0 aliphatic rings. The molecular formula is C12H11N3O3. The molecule has 1 aromatic heterocycles. The number of aromatic nitrogens is 1. The second kappa shape index (κ2) is 4.70. The Kier molecular flexibility index (Phi) is 3.09. The maximum atomic E-state index is 11.5. The van der Waals surface area contributed by atoms with Gasteiger partial charge in [-0.3, -0.25) is 10.1 Å². The largest absolute Gasteiger partial charge is 0.465 e. The van der Waals surface area contributed by atoms with E-state index in [9.17, 15) is 9.59 Å². The minimum Gasteiger partial charge on any atom is -0.465 e. The van der Waals surface area contributed by atoms with Crippen molar-refractivity contribution < 1.29 is 14.7 Å². The van der Waals surface area contributed by atoms with Crippen LogP contribution in [0.4, 0.5) is 10.6 Å². The highest BCUT2D eigenvalue weighted by atomic mass is 16.4. The fourth-order valence-corrected chi connectivity index (χ4v) is 1.60. The zero-order valence-corrected chi connectivity index (χ0v) is 9.60. The maximum Gasteiger partial charge on any atom is 0.410 e. The van der Waals surface area contributed by atoms with Gasteiger partial charge in [0.15, 0.2) is 0 Å². The number of anilines is 1. The summed E-state index contributed by atoms with van der Waals surface area (Å²) in [6.07, 6.45) is 0.373. The van der Waals surface area contributed by atoms with Crippen LogP contribution in [0, 0.1) is 0 Å². The molecule has 6 nitrogen and oxygen atoms in total. The number of carbonyl (C=O) groups excluding carboxylic acids is 1. The molecule has 2 amide bonds. The summed E-state index contributed by atoms with van der Waals surface area (Å²) in [5.74, 6) is 0.0329. The van der Waals surface area contributed by atoms with Crippen molar-refractivity contribution in [1.29, 1.82) is 0 Å². The Bertz CT molecular complexity index is 625. The number of amides is 2. The van der Waals surface area contributed by atoms with E-state index in [0.717, 1.165) is 10.8 Å². The van der Waals surface area contributed by atoms with Crippen molar-refractivity contribution in [3.05, 3.63) is 36.0 Å². The molecule has 0 aliphatic heterocycles. The highest BCUT2D eigenvalue weighted by molar-refractivity contribution is 5.99. The van der Waals surface area contributed by atoms with Crippen LogP contribution in [0.2, 0.25) is 0 Å². The molecule has 0 spiro atoms. The molecule has 0 fully saturated rings. The van der Waals surface area contributed by atoms with E-state index >= 15 is 0 Å². The van der Waals surface area contributed by atoms with Gasteiger partial charge in [0, 0.05) is 24.2 Å². The van der Waals surface area contributed by atoms with Crippen LogP contribution in [-0.4, -0.2) is 29.1 Å². The number of benzene rings is 1. The molecule has 6 heteroatoms. The number of carbonyl (C=O) groups is 2. The number of carboxylic acid groups (broad SMARTS) is 1. The molecule has 1 aromatic carbocycles. The molecule has 0 atom stereocenters. The first-order valence-electron chi connectivity index (χ1n) is 5.22. The van der Waals surface area contributed by atoms with Gasteiger partial charge in [0.25, 0.3) is 5.91 Å². The van der Waals surface area contributed by atoms with Crippen LogP contribution >= 0.6 is 0 Å². The van der Waals surface area contributed by atoms with E-state index < -0.39 is 6.09 Å². The number of hydrogen-bond donors (Lipinski definition) is 3. The quantitative estimate of drug-likeness (QED) is 0.750. The van der Waals surface area contributed by atoms with Crippen molar-refractivity contribution in [2.45, 2.75) is 0 Å². The molecule has 0 unspecified atom stereocenters. The lowest BCUT2D eigenvalue weighted by atomic mass is 10.1. The van der Waals surface area contributed by atoms with Crippen molar-refractivity contribution in [2.24, 2.45) is 0 Å². The maximum absolute atomic E-state index is 11.5. The lowest BCUT2D eigenvalue weighted by Gasteiger charge is -2.04. The van der Waals surface area contributed by atoms with Crippen LogP contribution in [0.5, 0.6) is 0 Å². The summed E-state index contributed by atoms with van der Waals surface area (Å²) in [7, 11) is 1.55. The van der Waals surface area contributed by atoms with Gasteiger partial charge in [0.05, 0.1) is 0 Å². The van der Waals surface area contributed by atoms with Gasteiger partial charge in [-0.05, 0) is 23.6 Å². The SMILES string of the molecule is CNC(=O)c1ccc2cnc(NC(=O)O)cc2c1. The topological polar surface area (TPSA) is 91.3 Å². The standard InChI is InChI=1S/C12H11N3O3/c1-13-11(16)7-2-3-8-6-14-10(15-12(17)18)5-9(8)4-7/h2-6H,1H3,(H,13,16)(H,14,15)(H,17,18). The molecular weight excluding hydrogens is 234 g/mol. The van der Waals surface area contributed by atoms with Crippen LogP contribution in [0.3, 0.4) is 0 Å². The van der Waals surface area contributed by atoms with Crippen LogP contribution in [0.1, 0.15) is 10.4 Å². The summed E-state index contributed by atoms with van der Waals surface area (Å²) in [6, 6.07) is 6.71. The lowest BCUT2D eigenvalue weighted by molar-refractivity contribution is 0.0963. The van der Waals surface area contributed by atoms with Crippen molar-refractivity contribution >= 4 is 28.6 Å². The first kappa shape index (κ1) is 11.8. The summed E-state index contributed by atoms with van der Waals surface area (Å²) >= 11 is 0. The number of pyridine rings is 1. The zero-order chi connectivity index (χ0) is 13.1. The molecule has 3 N–H and O–H groups in total. The smallest absolute Gasteiger partial charge is 0.410 e. The van der Waals surface area contributed by atoms with E-state index in [0.29, 0.717) is 5.56 Å². The van der Waals surface area contributed by atoms with Gasteiger partial charge in [0.2, 0.25) is 0 Å². The number of fused-ring (bicyclic) bond motifs is 1. The van der Waals surface area contributed by atoms with Gasteiger partial charge in [-0.15, -0.1) is 0 Å². The Hall–Kier alpha value is -2.63. The first-order chi connectivity index (χ1) is 8.60. The highest BCUT2D eigenvalue weighted by Gasteiger charge is 2.06. The molecule has 0 aliphatic carbocycles. The predicted octanol–water partition coefficient (Wildman–Crippen LogP) is 1.68. The summed E-state index contributed by atoms with van der Waals surface area (Å²) in [6.45, 7) is 0. The van der Waals surface area contributed by atoms with Gasteiger partial charge < -0.3 is 10.4 Å². The van der Waals surface area contributed by atoms with Crippen molar-refractivity contribution in [3.8, 4) is 0 Å². The average molecular weight is 245 g/mol. The summed E-state index contributed by atoms with van der Waals surface area (Å²) in [5, 5.41) is 14.9. The highest BCUT2D eigenvalue weighted by Crippen LogP contribution is 2.18. The van der Waals surface area contributed by atoms with Gasteiger partial charge in [-0.25, -0.2) is 9.78 Å². The molecule has 1 heterocycles. The van der Waals surface area contributed by atoms with Crippen molar-refractivity contribution in [1.82, 2.24) is 10.3 Å². The van der Waals surface area contributed by atoms with E-state index in [2.05, 4.69) is 15.6 Å². The fraction of sp³-hybridized carbons (Fsp3) is 0.0833. The van der Waals surface area contributed by atoms with Crippen LogP contribution in [0.15, 0.2) is 30.5 Å². The Morgan fingerprint density at radius 1 is 1.22 bits per heavy atom. The fourth-order valence-electron chi connectivity index (χ4n) is 1.60. The third kappa shape index (κ3) is 2.37. The molecule has 0 saturated carbocycles. The number of rotatable bonds is 2. The zero-order valence-electron chi connectivity index (χ0n) is 9.60. The van der Waals surface area contributed by atoms with Crippen molar-refractivity contribution in [3.63, 3.8) is 0 Å². The molecule has 0 bridgehead atoms. The first-order valence-corrected chi connectivity index (χ1v) is 5.22. The molecule has 0 radical (unpaired) electrons. The van der Waals surface area contributed by atoms with E-state index in [-0.39, 0.29) is 11.7 Å². The van der Waals surface area contributed by atoms with Crippen LogP contribution in [-0.2, 0) is 0 Å². The summed E-state index contributed by atoms with van der Waals surface area (Å²) < 4.78 is 0. The number of nitrogens with one attached hydrogen (secondary N) is 2. The minimum atomic E-state index is -1.18. The van der Waals surface area contributed by atoms with Gasteiger partial charge in [-0.1, -0.05) is 6.07 Å². The summed E-state index contributed by atoms with van der Waals surface area (Å²) in [5.41, 5.74) is 0.512. The van der Waals surface area contributed by atoms with Crippen LogP contribution < -0.4 is 10.6 Å². The Balaban J connectivity index is 2.46. The minimum absolute atomic E-state index is 0.193. The van der Waals surface area contributed by atoms with Crippen LogP contribution in [0.25, 0.3) is 10.8 Å². The van der Waals surface area contributed by atoms with E-state index in [1.165, 1.54) is 0 Å². The molecule has 0 saturated heterocycles. The number of hydrogen-bond acceptors (Lipinski definition) is 3. The van der Waals surface area contributed by atoms with E-state index in [1.807, 2.05) is 0 Å². The normalized spacial score (nSPS) is 10.1. The Morgan fingerprint density at radius 2 is 2.00 bits per heavy atom. The Morgan fingerprint density at radius 3 is 2.67 bits per heavy atom. The third-order valence-corrected chi connectivity index (χ3v) is 2.45. The molecule has 2 aromatic rings. The molecule has 92 valence electrons. The van der Waals surface area contributed by atoms with Gasteiger partial charge in [-0.2, -0.15) is 0 Å². The van der Waals surface area contributed by atoms with Gasteiger partial charge >= 0.3 is 6.09 Å². The van der Waals surface area contributed by atoms with E-state index in [1.54, 1.807) is 37.5 Å². The van der Waals surface area contributed by atoms with Crippen molar-refractivity contribution in [2.75, 3.05) is 12.4 Å². The second-order valence-corrected chi connectivity index (χ2v) is 3.64. The van der Waals surface area contributed by atoms with E-state index in [4.69, 9.17) is 5.11 Å². The molecule has 18 heavy (non-hydrogen) atoms. The predicted molar refractivity (Wildman–Crippen MR) is 66.8 cm³/mol. The van der Waals surface area contributed by atoms with Gasteiger partial charge in [0.1, 0.15) is 5.82 Å². The summed E-state index contributed by atoms with van der Waals surface area (Å²) in [4.78, 5) is 25.9.